The third-order valence-electron chi connectivity index (χ3n) is 3.99. The van der Waals surface area contributed by atoms with Crippen molar-refractivity contribution in [2.45, 2.75) is 45.1 Å². The molecule has 2 rings (SSSR count). The van der Waals surface area contributed by atoms with E-state index in [0.29, 0.717) is 6.61 Å². The highest BCUT2D eigenvalue weighted by molar-refractivity contribution is 5.52. The highest BCUT2D eigenvalue weighted by atomic mass is 16.5. The Bertz CT molecular complexity index is 436. The van der Waals surface area contributed by atoms with Crippen LogP contribution in [-0.2, 0) is 5.41 Å². The fourth-order valence-electron chi connectivity index (χ4n) is 2.64. The molecule has 0 radical (unpaired) electrons. The molecule has 0 amide bonds. The molecule has 2 N–H and O–H groups in total. The van der Waals surface area contributed by atoms with E-state index in [4.69, 9.17) is 15.2 Å². The SMILES string of the molecule is CCOc1cc(C2(C(C)N)CC2)c(OC)cc1C. The molecule has 0 spiro atoms. The maximum Gasteiger partial charge on any atom is 0.123 e. The van der Waals surface area contributed by atoms with E-state index in [1.54, 1.807) is 7.11 Å². The van der Waals surface area contributed by atoms with E-state index in [-0.39, 0.29) is 11.5 Å². The van der Waals surface area contributed by atoms with Crippen molar-refractivity contribution in [3.8, 4) is 11.5 Å². The van der Waals surface area contributed by atoms with Crippen LogP contribution in [0, 0.1) is 6.92 Å². The minimum absolute atomic E-state index is 0.0882. The highest BCUT2D eigenvalue weighted by Crippen LogP contribution is 2.54. The molecule has 0 saturated heterocycles. The monoisotopic (exact) mass is 249 g/mol. The van der Waals surface area contributed by atoms with Crippen LogP contribution in [0.1, 0.15) is 37.8 Å². The van der Waals surface area contributed by atoms with Crippen molar-refractivity contribution in [1.29, 1.82) is 0 Å². The van der Waals surface area contributed by atoms with Gasteiger partial charge in [-0.15, -0.1) is 0 Å². The predicted molar refractivity (Wildman–Crippen MR) is 73.5 cm³/mol. The summed E-state index contributed by atoms with van der Waals surface area (Å²) in [5, 5.41) is 0. The van der Waals surface area contributed by atoms with Crippen molar-refractivity contribution in [1.82, 2.24) is 0 Å². The van der Waals surface area contributed by atoms with E-state index in [0.717, 1.165) is 29.9 Å². The number of aryl methyl sites for hydroxylation is 1. The van der Waals surface area contributed by atoms with E-state index >= 15 is 0 Å². The van der Waals surface area contributed by atoms with Gasteiger partial charge in [-0.05, 0) is 51.3 Å². The van der Waals surface area contributed by atoms with Gasteiger partial charge in [0, 0.05) is 17.0 Å². The lowest BCUT2D eigenvalue weighted by Crippen LogP contribution is -2.32. The second-order valence-electron chi connectivity index (χ2n) is 5.20. The third kappa shape index (κ3) is 2.07. The maximum absolute atomic E-state index is 6.15. The number of nitrogens with two attached hydrogens (primary N) is 1. The van der Waals surface area contributed by atoms with Gasteiger partial charge in [-0.2, -0.15) is 0 Å². The number of ether oxygens (including phenoxy) is 2. The molecule has 1 fully saturated rings. The quantitative estimate of drug-likeness (QED) is 0.872. The summed E-state index contributed by atoms with van der Waals surface area (Å²) >= 11 is 0. The van der Waals surface area contributed by atoms with Crippen LogP contribution in [0.25, 0.3) is 0 Å². The van der Waals surface area contributed by atoms with E-state index in [1.807, 2.05) is 13.8 Å². The van der Waals surface area contributed by atoms with Crippen molar-refractivity contribution in [2.75, 3.05) is 13.7 Å². The molecular weight excluding hydrogens is 226 g/mol. The number of hydrogen-bond donors (Lipinski definition) is 1. The number of rotatable bonds is 5. The number of hydrogen-bond acceptors (Lipinski definition) is 3. The standard InChI is InChI=1S/C15H23NO2/c1-5-18-13-9-12(14(17-4)8-10(13)2)15(6-7-15)11(3)16/h8-9,11H,5-7,16H2,1-4H3. The second-order valence-corrected chi connectivity index (χ2v) is 5.20. The summed E-state index contributed by atoms with van der Waals surface area (Å²) < 4.78 is 11.2. The van der Waals surface area contributed by atoms with Crippen LogP contribution in [0.15, 0.2) is 12.1 Å². The maximum atomic E-state index is 6.15. The first-order valence-electron chi connectivity index (χ1n) is 6.62. The Hall–Kier alpha value is -1.22. The van der Waals surface area contributed by atoms with E-state index in [9.17, 15) is 0 Å². The fraction of sp³-hybridized carbons (Fsp3) is 0.600. The molecule has 1 saturated carbocycles. The van der Waals surface area contributed by atoms with E-state index < -0.39 is 0 Å². The van der Waals surface area contributed by atoms with Crippen molar-refractivity contribution >= 4 is 0 Å². The van der Waals surface area contributed by atoms with Gasteiger partial charge in [-0.3, -0.25) is 0 Å². The van der Waals surface area contributed by atoms with Gasteiger partial charge >= 0.3 is 0 Å². The Morgan fingerprint density at radius 1 is 1.33 bits per heavy atom. The van der Waals surface area contributed by atoms with Crippen LogP contribution in [0.3, 0.4) is 0 Å². The zero-order valence-corrected chi connectivity index (χ0v) is 11.7. The van der Waals surface area contributed by atoms with Gasteiger partial charge in [0.05, 0.1) is 13.7 Å². The van der Waals surface area contributed by atoms with Crippen molar-refractivity contribution in [2.24, 2.45) is 5.73 Å². The van der Waals surface area contributed by atoms with Crippen molar-refractivity contribution in [3.63, 3.8) is 0 Å². The van der Waals surface area contributed by atoms with E-state index in [1.165, 1.54) is 5.56 Å². The predicted octanol–water partition coefficient (Wildman–Crippen LogP) is 2.78. The van der Waals surface area contributed by atoms with Crippen molar-refractivity contribution < 1.29 is 9.47 Å². The first kappa shape index (κ1) is 13.2. The number of benzene rings is 1. The zero-order valence-electron chi connectivity index (χ0n) is 11.7. The van der Waals surface area contributed by atoms with Gasteiger partial charge < -0.3 is 15.2 Å². The molecule has 3 heteroatoms. The van der Waals surface area contributed by atoms with Crippen LogP contribution >= 0.6 is 0 Å². The normalized spacial score (nSPS) is 18.3. The Morgan fingerprint density at radius 3 is 2.44 bits per heavy atom. The summed E-state index contributed by atoms with van der Waals surface area (Å²) in [5.74, 6) is 1.88. The van der Waals surface area contributed by atoms with Crippen LogP contribution in [0.5, 0.6) is 11.5 Å². The Morgan fingerprint density at radius 2 is 2.00 bits per heavy atom. The molecule has 0 heterocycles. The average Bonchev–Trinajstić information content (AvgIpc) is 3.12. The van der Waals surface area contributed by atoms with Gasteiger partial charge in [-0.25, -0.2) is 0 Å². The molecule has 3 nitrogen and oxygen atoms in total. The largest absolute Gasteiger partial charge is 0.496 e. The molecule has 1 aromatic carbocycles. The van der Waals surface area contributed by atoms with E-state index in [2.05, 4.69) is 19.1 Å². The molecule has 1 aromatic rings. The van der Waals surface area contributed by atoms with Crippen molar-refractivity contribution in [3.05, 3.63) is 23.3 Å². The smallest absolute Gasteiger partial charge is 0.123 e. The summed E-state index contributed by atoms with van der Waals surface area (Å²) in [7, 11) is 1.72. The Labute approximate surface area is 109 Å². The molecule has 100 valence electrons. The van der Waals surface area contributed by atoms with Crippen LogP contribution in [0.4, 0.5) is 0 Å². The highest BCUT2D eigenvalue weighted by Gasteiger charge is 2.49. The van der Waals surface area contributed by atoms with Gasteiger partial charge in [0.2, 0.25) is 0 Å². The molecule has 1 aliphatic rings. The lowest BCUT2D eigenvalue weighted by Gasteiger charge is -2.24. The fourth-order valence-corrected chi connectivity index (χ4v) is 2.64. The molecule has 0 bridgehead atoms. The molecule has 1 aliphatic carbocycles. The topological polar surface area (TPSA) is 44.5 Å². The molecule has 0 aliphatic heterocycles. The molecule has 18 heavy (non-hydrogen) atoms. The third-order valence-corrected chi connectivity index (χ3v) is 3.99. The minimum Gasteiger partial charge on any atom is -0.496 e. The summed E-state index contributed by atoms with van der Waals surface area (Å²) in [6.07, 6.45) is 2.27. The zero-order chi connectivity index (χ0) is 13.3. The molecular formula is C15H23NO2. The average molecular weight is 249 g/mol. The summed E-state index contributed by atoms with van der Waals surface area (Å²) in [5.41, 5.74) is 8.55. The van der Waals surface area contributed by atoms with Crippen LogP contribution in [-0.4, -0.2) is 19.8 Å². The second kappa shape index (κ2) is 4.81. The number of methoxy groups -OCH3 is 1. The lowest BCUT2D eigenvalue weighted by molar-refractivity contribution is 0.334. The van der Waals surface area contributed by atoms with Gasteiger partial charge in [0.1, 0.15) is 11.5 Å². The van der Waals surface area contributed by atoms with Crippen LogP contribution in [0.2, 0.25) is 0 Å². The summed E-state index contributed by atoms with van der Waals surface area (Å²) in [4.78, 5) is 0. The van der Waals surface area contributed by atoms with Gasteiger partial charge in [-0.1, -0.05) is 0 Å². The lowest BCUT2D eigenvalue weighted by atomic mass is 9.88. The van der Waals surface area contributed by atoms with Crippen LogP contribution < -0.4 is 15.2 Å². The first-order valence-corrected chi connectivity index (χ1v) is 6.62. The van der Waals surface area contributed by atoms with Gasteiger partial charge in [0.25, 0.3) is 0 Å². The molecule has 1 unspecified atom stereocenters. The molecule has 0 aromatic heterocycles. The Kier molecular flexibility index (Phi) is 3.53. The Balaban J connectivity index is 2.48. The molecule has 1 atom stereocenters. The summed E-state index contributed by atoms with van der Waals surface area (Å²) in [6, 6.07) is 4.32. The summed E-state index contributed by atoms with van der Waals surface area (Å²) in [6.45, 7) is 6.80. The first-order chi connectivity index (χ1) is 8.55. The minimum atomic E-state index is 0.0882. The van der Waals surface area contributed by atoms with Gasteiger partial charge in [0.15, 0.2) is 0 Å².